The molecule has 0 unspecified atom stereocenters. The molecule has 1 aliphatic carbocycles. The van der Waals surface area contributed by atoms with Crippen molar-refractivity contribution in [3.05, 3.63) is 47.0 Å². The molecule has 0 saturated heterocycles. The normalized spacial score (nSPS) is 14.7. The highest BCUT2D eigenvalue weighted by molar-refractivity contribution is 7.89. The molecule has 1 fully saturated rings. The van der Waals surface area contributed by atoms with Gasteiger partial charge >= 0.3 is 0 Å². The standard InChI is InChI=1S/C15H15FN2O4S/c1-8-12(7-14(22-8)23(17,20)21)15(19)18-10-4-5-11(9-2-3-9)13(16)6-10/h4-7,9H,2-3H2,1H3,(H,18,19)(H2,17,20,21). The van der Waals surface area contributed by atoms with E-state index in [0.717, 1.165) is 18.9 Å². The Morgan fingerprint density at radius 3 is 2.57 bits per heavy atom. The molecule has 0 radical (unpaired) electrons. The summed E-state index contributed by atoms with van der Waals surface area (Å²) < 4.78 is 41.4. The largest absolute Gasteiger partial charge is 0.448 e. The topological polar surface area (TPSA) is 102 Å². The minimum atomic E-state index is -4.03. The van der Waals surface area contributed by atoms with Gasteiger partial charge in [-0.05, 0) is 43.4 Å². The number of carbonyl (C=O) groups is 1. The highest BCUT2D eigenvalue weighted by Crippen LogP contribution is 2.41. The third kappa shape index (κ3) is 3.27. The van der Waals surface area contributed by atoms with Crippen molar-refractivity contribution >= 4 is 21.6 Å². The van der Waals surface area contributed by atoms with E-state index in [4.69, 9.17) is 9.56 Å². The number of amides is 1. The minimum absolute atomic E-state index is 0.0284. The van der Waals surface area contributed by atoms with Crippen LogP contribution in [0.4, 0.5) is 10.1 Å². The van der Waals surface area contributed by atoms with Crippen LogP contribution in [0.25, 0.3) is 0 Å². The van der Waals surface area contributed by atoms with Crippen molar-refractivity contribution in [1.82, 2.24) is 0 Å². The highest BCUT2D eigenvalue weighted by Gasteiger charge is 2.26. The molecule has 1 aliphatic rings. The first-order valence-electron chi connectivity index (χ1n) is 7.00. The molecule has 23 heavy (non-hydrogen) atoms. The molecule has 8 heteroatoms. The van der Waals surface area contributed by atoms with Crippen molar-refractivity contribution in [1.29, 1.82) is 0 Å². The van der Waals surface area contributed by atoms with Crippen LogP contribution in [0, 0.1) is 12.7 Å². The Hall–Kier alpha value is -2.19. The van der Waals surface area contributed by atoms with E-state index in [-0.39, 0.29) is 28.7 Å². The fourth-order valence-corrected chi connectivity index (χ4v) is 2.87. The fraction of sp³-hybridized carbons (Fsp3) is 0.267. The summed E-state index contributed by atoms with van der Waals surface area (Å²) in [6.07, 6.45) is 1.96. The number of furan rings is 1. The van der Waals surface area contributed by atoms with Crippen LogP contribution >= 0.6 is 0 Å². The Morgan fingerprint density at radius 1 is 1.35 bits per heavy atom. The summed E-state index contributed by atoms with van der Waals surface area (Å²) in [4.78, 5) is 12.2. The minimum Gasteiger partial charge on any atom is -0.448 e. The Morgan fingerprint density at radius 2 is 2.04 bits per heavy atom. The van der Waals surface area contributed by atoms with Crippen LogP contribution in [0.1, 0.15) is 40.4 Å². The van der Waals surface area contributed by atoms with Gasteiger partial charge in [0.1, 0.15) is 11.6 Å². The summed E-state index contributed by atoms with van der Waals surface area (Å²) in [5, 5.41) is 6.99. The summed E-state index contributed by atoms with van der Waals surface area (Å²) in [6.45, 7) is 1.44. The first-order chi connectivity index (χ1) is 10.8. The number of rotatable bonds is 4. The molecular weight excluding hydrogens is 323 g/mol. The number of carbonyl (C=O) groups excluding carboxylic acids is 1. The van der Waals surface area contributed by atoms with E-state index < -0.39 is 21.0 Å². The number of benzene rings is 1. The zero-order valence-electron chi connectivity index (χ0n) is 12.3. The Kier molecular flexibility index (Phi) is 3.73. The molecule has 1 saturated carbocycles. The van der Waals surface area contributed by atoms with Crippen LogP contribution < -0.4 is 10.5 Å². The van der Waals surface area contributed by atoms with Crippen molar-refractivity contribution in [2.75, 3.05) is 5.32 Å². The van der Waals surface area contributed by atoms with Crippen molar-refractivity contribution in [2.45, 2.75) is 30.8 Å². The van der Waals surface area contributed by atoms with E-state index >= 15 is 0 Å². The van der Waals surface area contributed by atoms with E-state index in [0.29, 0.717) is 5.56 Å². The monoisotopic (exact) mass is 338 g/mol. The Bertz CT molecular complexity index is 885. The molecule has 0 bridgehead atoms. The zero-order chi connectivity index (χ0) is 16.8. The molecule has 1 aromatic carbocycles. The zero-order valence-corrected chi connectivity index (χ0v) is 13.1. The molecule has 1 aromatic heterocycles. The van der Waals surface area contributed by atoms with Crippen LogP contribution in [0.15, 0.2) is 33.8 Å². The number of aryl methyl sites for hydroxylation is 1. The lowest BCUT2D eigenvalue weighted by molar-refractivity contribution is 0.102. The number of halogens is 1. The predicted molar refractivity (Wildman–Crippen MR) is 81.1 cm³/mol. The Balaban J connectivity index is 1.82. The third-order valence-electron chi connectivity index (χ3n) is 3.70. The van der Waals surface area contributed by atoms with Crippen molar-refractivity contribution in [2.24, 2.45) is 5.14 Å². The van der Waals surface area contributed by atoms with Gasteiger partial charge in [-0.1, -0.05) is 6.07 Å². The van der Waals surface area contributed by atoms with E-state index in [2.05, 4.69) is 5.32 Å². The van der Waals surface area contributed by atoms with Crippen LogP contribution in [-0.4, -0.2) is 14.3 Å². The number of sulfonamides is 1. The molecule has 122 valence electrons. The SMILES string of the molecule is Cc1oc(S(N)(=O)=O)cc1C(=O)Nc1ccc(C2CC2)c(F)c1. The second kappa shape index (κ2) is 5.47. The van der Waals surface area contributed by atoms with Gasteiger partial charge in [0.2, 0.25) is 5.09 Å². The molecule has 1 heterocycles. The fourth-order valence-electron chi connectivity index (χ4n) is 2.35. The van der Waals surface area contributed by atoms with Crippen molar-refractivity contribution in [3.63, 3.8) is 0 Å². The summed E-state index contributed by atoms with van der Waals surface area (Å²) in [7, 11) is -4.03. The molecule has 0 atom stereocenters. The van der Waals surface area contributed by atoms with Gasteiger partial charge in [-0.3, -0.25) is 4.79 Å². The smallest absolute Gasteiger partial charge is 0.271 e. The van der Waals surface area contributed by atoms with Gasteiger partial charge in [-0.2, -0.15) is 0 Å². The second-order valence-electron chi connectivity index (χ2n) is 5.54. The number of nitrogens with one attached hydrogen (secondary N) is 1. The number of hydrogen-bond donors (Lipinski definition) is 2. The van der Waals surface area contributed by atoms with Gasteiger partial charge in [0.25, 0.3) is 15.9 Å². The maximum Gasteiger partial charge on any atom is 0.271 e. The van der Waals surface area contributed by atoms with Gasteiger partial charge < -0.3 is 9.73 Å². The highest BCUT2D eigenvalue weighted by atomic mass is 32.2. The molecule has 0 aliphatic heterocycles. The number of hydrogen-bond acceptors (Lipinski definition) is 4. The van der Waals surface area contributed by atoms with Crippen LogP contribution in [0.5, 0.6) is 0 Å². The maximum absolute atomic E-state index is 14.0. The van der Waals surface area contributed by atoms with E-state index in [1.54, 1.807) is 12.1 Å². The summed E-state index contributed by atoms with van der Waals surface area (Å²) >= 11 is 0. The summed E-state index contributed by atoms with van der Waals surface area (Å²) in [5.74, 6) is -0.575. The quantitative estimate of drug-likeness (QED) is 0.894. The second-order valence-corrected chi connectivity index (χ2v) is 7.04. The predicted octanol–water partition coefficient (Wildman–Crippen LogP) is 2.50. The lowest BCUT2D eigenvalue weighted by Gasteiger charge is -2.07. The number of primary sulfonamides is 1. The molecule has 1 amide bonds. The first-order valence-corrected chi connectivity index (χ1v) is 8.54. The van der Waals surface area contributed by atoms with Crippen molar-refractivity contribution in [3.8, 4) is 0 Å². The van der Waals surface area contributed by atoms with E-state index in [9.17, 15) is 17.6 Å². The molecule has 0 spiro atoms. The van der Waals surface area contributed by atoms with Gasteiger partial charge in [-0.25, -0.2) is 17.9 Å². The Labute approximate surface area is 132 Å². The average molecular weight is 338 g/mol. The summed E-state index contributed by atoms with van der Waals surface area (Å²) in [6, 6.07) is 5.57. The average Bonchev–Trinajstić information content (AvgIpc) is 3.19. The van der Waals surface area contributed by atoms with Gasteiger partial charge in [0.15, 0.2) is 0 Å². The summed E-state index contributed by atoms with van der Waals surface area (Å²) in [5.41, 5.74) is 0.967. The van der Waals surface area contributed by atoms with Gasteiger partial charge in [0.05, 0.1) is 5.56 Å². The first kappa shape index (κ1) is 15.7. The van der Waals surface area contributed by atoms with Crippen LogP contribution in [-0.2, 0) is 10.0 Å². The molecule has 6 nitrogen and oxygen atoms in total. The lowest BCUT2D eigenvalue weighted by atomic mass is 10.1. The third-order valence-corrected chi connectivity index (χ3v) is 4.46. The lowest BCUT2D eigenvalue weighted by Crippen LogP contribution is -2.13. The van der Waals surface area contributed by atoms with Crippen LogP contribution in [0.2, 0.25) is 0 Å². The maximum atomic E-state index is 14.0. The molecule has 3 N–H and O–H groups in total. The van der Waals surface area contributed by atoms with Gasteiger partial charge in [-0.15, -0.1) is 0 Å². The molecule has 3 rings (SSSR count). The van der Waals surface area contributed by atoms with Crippen LogP contribution in [0.3, 0.4) is 0 Å². The van der Waals surface area contributed by atoms with Crippen molar-refractivity contribution < 1.29 is 22.0 Å². The van der Waals surface area contributed by atoms with E-state index in [1.807, 2.05) is 0 Å². The number of nitrogens with two attached hydrogens (primary N) is 1. The number of anilines is 1. The molecule has 2 aromatic rings. The van der Waals surface area contributed by atoms with Gasteiger partial charge in [0, 0.05) is 11.8 Å². The molecular formula is C15H15FN2O4S. The van der Waals surface area contributed by atoms with E-state index in [1.165, 1.54) is 13.0 Å².